The van der Waals surface area contributed by atoms with Crippen molar-refractivity contribution in [1.29, 1.82) is 0 Å². The summed E-state index contributed by atoms with van der Waals surface area (Å²) in [4.78, 5) is 28.0. The van der Waals surface area contributed by atoms with Crippen molar-refractivity contribution < 1.29 is 28.2 Å². The molecule has 1 aromatic rings. The third-order valence-corrected chi connectivity index (χ3v) is 3.43. The number of hydrogen-bond acceptors (Lipinski definition) is 4. The molecule has 22 heavy (non-hydrogen) atoms. The highest BCUT2D eigenvalue weighted by atomic mass is 19.3. The zero-order valence-electron chi connectivity index (χ0n) is 12.1. The highest BCUT2D eigenvalue weighted by Crippen LogP contribution is 2.28. The average Bonchev–Trinajstić information content (AvgIpc) is 2.45. The van der Waals surface area contributed by atoms with Crippen LogP contribution in [0.4, 0.5) is 8.78 Å². The number of amides is 1. The first-order chi connectivity index (χ1) is 10.2. The van der Waals surface area contributed by atoms with Crippen LogP contribution in [0.25, 0.3) is 0 Å². The molecule has 1 saturated heterocycles. The molecule has 120 valence electrons. The monoisotopic (exact) mass is 314 g/mol. The fourth-order valence-corrected chi connectivity index (χ4v) is 2.39. The number of aromatic carboxylic acids is 1. The number of carboxylic acids is 1. The first-order valence-electron chi connectivity index (χ1n) is 6.67. The lowest BCUT2D eigenvalue weighted by Crippen LogP contribution is -2.58. The van der Waals surface area contributed by atoms with Crippen molar-refractivity contribution in [2.24, 2.45) is 0 Å². The van der Waals surface area contributed by atoms with Crippen molar-refractivity contribution >= 4 is 11.9 Å². The van der Waals surface area contributed by atoms with Gasteiger partial charge in [0.2, 0.25) is 0 Å². The van der Waals surface area contributed by atoms with Crippen LogP contribution in [-0.4, -0.2) is 58.1 Å². The van der Waals surface area contributed by atoms with E-state index < -0.39 is 30.0 Å². The van der Waals surface area contributed by atoms with Crippen molar-refractivity contribution in [2.75, 3.05) is 13.1 Å². The number of carbonyl (C=O) groups is 2. The molecule has 0 spiro atoms. The van der Waals surface area contributed by atoms with Crippen LogP contribution in [0.2, 0.25) is 0 Å². The lowest BCUT2D eigenvalue weighted by molar-refractivity contribution is -0.191. The highest BCUT2D eigenvalue weighted by Gasteiger charge is 2.44. The van der Waals surface area contributed by atoms with E-state index in [1.54, 1.807) is 6.92 Å². The number of alkyl halides is 2. The summed E-state index contributed by atoms with van der Waals surface area (Å²) < 4.78 is 31.5. The number of pyridine rings is 1. The minimum absolute atomic E-state index is 0.149. The minimum atomic E-state index is -2.72. The third-order valence-electron chi connectivity index (χ3n) is 3.43. The van der Waals surface area contributed by atoms with Gasteiger partial charge in [0.1, 0.15) is 11.3 Å². The first kappa shape index (κ1) is 16.3. The van der Waals surface area contributed by atoms with Gasteiger partial charge in [0, 0.05) is 12.7 Å². The van der Waals surface area contributed by atoms with E-state index >= 15 is 0 Å². The smallest absolute Gasteiger partial charge is 0.354 e. The summed E-state index contributed by atoms with van der Waals surface area (Å²) in [6.45, 7) is 2.82. The number of rotatable bonds is 3. The summed E-state index contributed by atoms with van der Waals surface area (Å²) in [5.41, 5.74) is -1.76. The summed E-state index contributed by atoms with van der Waals surface area (Å²) >= 11 is 0. The van der Waals surface area contributed by atoms with E-state index in [-0.39, 0.29) is 24.3 Å². The van der Waals surface area contributed by atoms with E-state index in [4.69, 9.17) is 9.84 Å². The van der Waals surface area contributed by atoms with Gasteiger partial charge in [-0.05, 0) is 26.0 Å². The van der Waals surface area contributed by atoms with Crippen molar-refractivity contribution in [3.05, 3.63) is 29.6 Å². The summed E-state index contributed by atoms with van der Waals surface area (Å²) in [7, 11) is 0. The molecule has 1 aliphatic rings. The van der Waals surface area contributed by atoms with E-state index in [9.17, 15) is 18.4 Å². The second-order valence-corrected chi connectivity index (χ2v) is 5.46. The minimum Gasteiger partial charge on any atom is -0.477 e. The number of carboxylic acid groups (broad SMARTS) is 1. The van der Waals surface area contributed by atoms with Gasteiger partial charge >= 0.3 is 5.97 Å². The van der Waals surface area contributed by atoms with Crippen LogP contribution in [-0.2, 0) is 4.74 Å². The number of nitrogens with zero attached hydrogens (tertiary/aromatic N) is 2. The number of morpholine rings is 1. The summed E-state index contributed by atoms with van der Waals surface area (Å²) in [5.74, 6) is -1.68. The van der Waals surface area contributed by atoms with E-state index in [0.29, 0.717) is 0 Å². The molecule has 2 unspecified atom stereocenters. The van der Waals surface area contributed by atoms with E-state index in [1.807, 2.05) is 0 Å². The molecule has 0 bridgehead atoms. The van der Waals surface area contributed by atoms with Crippen molar-refractivity contribution in [3.8, 4) is 0 Å². The second kappa shape index (κ2) is 5.96. The molecule has 1 aliphatic heterocycles. The van der Waals surface area contributed by atoms with Crippen LogP contribution in [0.1, 0.15) is 34.7 Å². The molecular weight excluding hydrogens is 298 g/mol. The van der Waals surface area contributed by atoms with Crippen molar-refractivity contribution in [1.82, 2.24) is 9.88 Å². The van der Waals surface area contributed by atoms with Crippen LogP contribution >= 0.6 is 0 Å². The molecule has 6 nitrogen and oxygen atoms in total. The Morgan fingerprint density at radius 2 is 2.18 bits per heavy atom. The van der Waals surface area contributed by atoms with Crippen LogP contribution in [0.3, 0.4) is 0 Å². The first-order valence-corrected chi connectivity index (χ1v) is 6.67. The van der Waals surface area contributed by atoms with Gasteiger partial charge in [0.05, 0.1) is 18.2 Å². The Labute approximate surface area is 125 Å². The van der Waals surface area contributed by atoms with Crippen LogP contribution in [0, 0.1) is 0 Å². The fourth-order valence-electron chi connectivity index (χ4n) is 2.39. The molecule has 1 amide bonds. The number of aromatic nitrogens is 1. The average molecular weight is 314 g/mol. The molecule has 2 rings (SSSR count). The summed E-state index contributed by atoms with van der Waals surface area (Å²) in [6.07, 6.45) is -2.12. The number of carbonyl (C=O) groups excluding carboxylic acids is 1. The maximum absolute atomic E-state index is 13.1. The molecular formula is C14H16F2N2O4. The largest absolute Gasteiger partial charge is 0.477 e. The van der Waals surface area contributed by atoms with Crippen LogP contribution < -0.4 is 0 Å². The van der Waals surface area contributed by atoms with E-state index in [0.717, 1.165) is 6.20 Å². The van der Waals surface area contributed by atoms with Gasteiger partial charge in [-0.3, -0.25) is 4.79 Å². The van der Waals surface area contributed by atoms with Crippen molar-refractivity contribution in [2.45, 2.75) is 32.0 Å². The number of halogens is 2. The predicted molar refractivity (Wildman–Crippen MR) is 72.1 cm³/mol. The van der Waals surface area contributed by atoms with Crippen molar-refractivity contribution in [3.63, 3.8) is 0 Å². The lowest BCUT2D eigenvalue weighted by atomic mass is 10.0. The number of hydrogen-bond donors (Lipinski definition) is 1. The third kappa shape index (κ3) is 3.22. The summed E-state index contributed by atoms with van der Waals surface area (Å²) in [6, 6.07) is 2.52. The Kier molecular flexibility index (Phi) is 4.41. The topological polar surface area (TPSA) is 79.7 Å². The van der Waals surface area contributed by atoms with Crippen LogP contribution in [0.15, 0.2) is 18.3 Å². The fraction of sp³-hybridized carbons (Fsp3) is 0.500. The Balaban J connectivity index is 2.19. The molecule has 1 aromatic heterocycles. The van der Waals surface area contributed by atoms with E-state index in [2.05, 4.69) is 4.98 Å². The maximum Gasteiger partial charge on any atom is 0.354 e. The normalized spacial score (nSPS) is 25.3. The predicted octanol–water partition coefficient (Wildman–Crippen LogP) is 1.66. The molecule has 0 aliphatic carbocycles. The maximum atomic E-state index is 13.1. The molecule has 1 N–H and O–H groups in total. The molecule has 0 radical (unpaired) electrons. The van der Waals surface area contributed by atoms with Gasteiger partial charge in [0.15, 0.2) is 0 Å². The van der Waals surface area contributed by atoms with Gasteiger partial charge in [-0.1, -0.05) is 0 Å². The standard InChI is InChI=1S/C14H16F2N2O4/c1-8-6-18(7-14(2,22-8)13(15)16)11(19)9-3-4-10(12(20)21)17-5-9/h3-5,8,13H,6-7H2,1-2H3,(H,20,21). The van der Waals surface area contributed by atoms with E-state index in [1.165, 1.54) is 24.0 Å². The molecule has 2 heterocycles. The Bertz CT molecular complexity index is 579. The molecule has 1 fully saturated rings. The lowest BCUT2D eigenvalue weighted by Gasteiger charge is -2.43. The molecule has 0 aromatic carbocycles. The Morgan fingerprint density at radius 1 is 1.50 bits per heavy atom. The van der Waals surface area contributed by atoms with Crippen LogP contribution in [0.5, 0.6) is 0 Å². The number of ether oxygens (including phenoxy) is 1. The second-order valence-electron chi connectivity index (χ2n) is 5.46. The van der Waals surface area contributed by atoms with Gasteiger partial charge in [-0.15, -0.1) is 0 Å². The Hall–Kier alpha value is -2.09. The Morgan fingerprint density at radius 3 is 2.68 bits per heavy atom. The molecule has 2 atom stereocenters. The van der Waals surface area contributed by atoms with Gasteiger partial charge in [-0.2, -0.15) is 0 Å². The molecule has 8 heteroatoms. The SMILES string of the molecule is CC1CN(C(=O)c2ccc(C(=O)O)nc2)CC(C)(C(F)F)O1. The zero-order valence-corrected chi connectivity index (χ0v) is 12.1. The quantitative estimate of drug-likeness (QED) is 0.918. The zero-order chi connectivity index (χ0) is 16.5. The van der Waals surface area contributed by atoms with Gasteiger partial charge in [0.25, 0.3) is 12.3 Å². The van der Waals surface area contributed by atoms with Gasteiger partial charge in [-0.25, -0.2) is 18.6 Å². The highest BCUT2D eigenvalue weighted by molar-refractivity contribution is 5.95. The summed E-state index contributed by atoms with van der Waals surface area (Å²) in [5, 5.41) is 8.77. The molecule has 0 saturated carbocycles. The van der Waals surface area contributed by atoms with Gasteiger partial charge < -0.3 is 14.7 Å².